The highest BCUT2D eigenvalue weighted by molar-refractivity contribution is 5.68. The van der Waals surface area contributed by atoms with Crippen LogP contribution in [-0.4, -0.2) is 13.1 Å². The molecule has 1 saturated heterocycles. The molecule has 3 rings (SSSR count). The maximum Gasteiger partial charge on any atom is 0.0600 e. The lowest BCUT2D eigenvalue weighted by Crippen LogP contribution is -2.60. The van der Waals surface area contributed by atoms with Gasteiger partial charge in [0.2, 0.25) is 0 Å². The summed E-state index contributed by atoms with van der Waals surface area (Å²) in [6.45, 7) is 2.45. The highest BCUT2D eigenvalue weighted by Crippen LogP contribution is 2.50. The van der Waals surface area contributed by atoms with E-state index in [1.54, 1.807) is 0 Å². The zero-order valence-electron chi connectivity index (χ0n) is 8.37. The Morgan fingerprint density at radius 1 is 1.14 bits per heavy atom. The molecule has 1 saturated carbocycles. The zero-order valence-corrected chi connectivity index (χ0v) is 8.37. The van der Waals surface area contributed by atoms with Crippen LogP contribution in [-0.2, 0) is 0 Å². The van der Waals surface area contributed by atoms with Gasteiger partial charge in [0.1, 0.15) is 0 Å². The Morgan fingerprint density at radius 3 is 2.43 bits per heavy atom. The highest BCUT2D eigenvalue weighted by atomic mass is 15.2. The molecule has 2 heteroatoms. The smallest absolute Gasteiger partial charge is 0.0600 e. The normalized spacial score (nSPS) is 23.0. The van der Waals surface area contributed by atoms with Crippen LogP contribution >= 0.6 is 0 Å². The van der Waals surface area contributed by atoms with Gasteiger partial charge in [0.05, 0.1) is 11.4 Å². The number of hydrogen-bond acceptors (Lipinski definition) is 2. The molecule has 1 heterocycles. The third-order valence-electron chi connectivity index (χ3n) is 3.74. The van der Waals surface area contributed by atoms with Gasteiger partial charge in [-0.05, 0) is 25.0 Å². The van der Waals surface area contributed by atoms with E-state index in [1.807, 2.05) is 12.1 Å². The molecule has 14 heavy (non-hydrogen) atoms. The predicted octanol–water partition coefficient (Wildman–Crippen LogP) is 2.26. The Kier molecular flexibility index (Phi) is 1.55. The molecule has 2 fully saturated rings. The van der Waals surface area contributed by atoms with Crippen molar-refractivity contribution in [3.63, 3.8) is 0 Å². The Bertz CT molecular complexity index is 347. The lowest BCUT2D eigenvalue weighted by molar-refractivity contribution is 0.0905. The van der Waals surface area contributed by atoms with Crippen molar-refractivity contribution >= 4 is 11.4 Å². The predicted molar refractivity (Wildman–Crippen MR) is 59.4 cm³/mol. The van der Waals surface area contributed by atoms with Crippen molar-refractivity contribution < 1.29 is 0 Å². The van der Waals surface area contributed by atoms with E-state index in [4.69, 9.17) is 5.73 Å². The fraction of sp³-hybridized carbons (Fsp3) is 0.500. The molecule has 0 amide bonds. The van der Waals surface area contributed by atoms with Crippen LogP contribution in [0.15, 0.2) is 24.3 Å². The molecule has 1 aliphatic carbocycles. The molecule has 0 atom stereocenters. The monoisotopic (exact) mass is 188 g/mol. The average molecular weight is 188 g/mol. The number of para-hydroxylation sites is 2. The molecule has 1 aromatic rings. The Labute approximate surface area is 84.7 Å². The number of anilines is 2. The summed E-state index contributed by atoms with van der Waals surface area (Å²) < 4.78 is 0. The van der Waals surface area contributed by atoms with Crippen molar-refractivity contribution in [3.8, 4) is 0 Å². The topological polar surface area (TPSA) is 29.3 Å². The van der Waals surface area contributed by atoms with E-state index in [9.17, 15) is 0 Å². The van der Waals surface area contributed by atoms with E-state index < -0.39 is 0 Å². The number of nitrogens with zero attached hydrogens (tertiary/aromatic N) is 1. The third kappa shape index (κ3) is 1.03. The third-order valence-corrected chi connectivity index (χ3v) is 3.74. The van der Waals surface area contributed by atoms with Crippen LogP contribution in [0, 0.1) is 5.41 Å². The van der Waals surface area contributed by atoms with Crippen molar-refractivity contribution in [2.75, 3.05) is 23.7 Å². The standard InChI is InChI=1S/C12H16N2/c13-10-4-1-2-5-11(10)14-8-12(9-14)6-3-7-12/h1-2,4-5H,3,6-9,13H2. The van der Waals surface area contributed by atoms with Crippen LogP contribution in [0.25, 0.3) is 0 Å². The van der Waals surface area contributed by atoms with Crippen molar-refractivity contribution in [2.45, 2.75) is 19.3 Å². The van der Waals surface area contributed by atoms with E-state index in [0.717, 1.165) is 5.69 Å². The summed E-state index contributed by atoms with van der Waals surface area (Å²) in [5.41, 5.74) is 8.77. The van der Waals surface area contributed by atoms with E-state index in [2.05, 4.69) is 17.0 Å². The van der Waals surface area contributed by atoms with Gasteiger partial charge in [-0.25, -0.2) is 0 Å². The van der Waals surface area contributed by atoms with Gasteiger partial charge < -0.3 is 10.6 Å². The Hall–Kier alpha value is -1.18. The molecule has 0 unspecified atom stereocenters. The summed E-state index contributed by atoms with van der Waals surface area (Å²) in [7, 11) is 0. The van der Waals surface area contributed by atoms with Crippen LogP contribution < -0.4 is 10.6 Å². The molecule has 0 bridgehead atoms. The van der Waals surface area contributed by atoms with Gasteiger partial charge in [-0.15, -0.1) is 0 Å². The van der Waals surface area contributed by atoms with Gasteiger partial charge in [-0.1, -0.05) is 18.6 Å². The van der Waals surface area contributed by atoms with Crippen molar-refractivity contribution in [1.82, 2.24) is 0 Å². The number of benzene rings is 1. The Balaban J connectivity index is 1.76. The van der Waals surface area contributed by atoms with E-state index in [1.165, 1.54) is 38.0 Å². The van der Waals surface area contributed by atoms with Gasteiger partial charge in [0, 0.05) is 18.5 Å². The fourth-order valence-electron chi connectivity index (χ4n) is 2.70. The largest absolute Gasteiger partial charge is 0.397 e. The second kappa shape index (κ2) is 2.66. The highest BCUT2D eigenvalue weighted by Gasteiger charge is 2.47. The minimum Gasteiger partial charge on any atom is -0.397 e. The van der Waals surface area contributed by atoms with Crippen molar-refractivity contribution in [2.24, 2.45) is 5.41 Å². The molecular formula is C12H16N2. The van der Waals surface area contributed by atoms with Gasteiger partial charge >= 0.3 is 0 Å². The van der Waals surface area contributed by atoms with Crippen molar-refractivity contribution in [3.05, 3.63) is 24.3 Å². The minimum atomic E-state index is 0.683. The summed E-state index contributed by atoms with van der Waals surface area (Å²) in [5.74, 6) is 0. The Morgan fingerprint density at radius 2 is 1.86 bits per heavy atom. The first-order valence-corrected chi connectivity index (χ1v) is 5.39. The quantitative estimate of drug-likeness (QED) is 0.685. The molecule has 74 valence electrons. The molecule has 2 aliphatic rings. The molecule has 0 aromatic heterocycles. The van der Waals surface area contributed by atoms with Crippen LogP contribution in [0.1, 0.15) is 19.3 Å². The second-order valence-corrected chi connectivity index (χ2v) is 4.77. The van der Waals surface area contributed by atoms with Crippen molar-refractivity contribution in [1.29, 1.82) is 0 Å². The molecular weight excluding hydrogens is 172 g/mol. The lowest BCUT2D eigenvalue weighted by atomic mass is 9.63. The summed E-state index contributed by atoms with van der Waals surface area (Å²) in [6.07, 6.45) is 4.28. The molecule has 2 nitrogen and oxygen atoms in total. The maximum absolute atomic E-state index is 5.94. The first-order chi connectivity index (χ1) is 6.79. The van der Waals surface area contributed by atoms with E-state index >= 15 is 0 Å². The van der Waals surface area contributed by atoms with Gasteiger partial charge in [-0.3, -0.25) is 0 Å². The summed E-state index contributed by atoms with van der Waals surface area (Å²) in [4.78, 5) is 2.41. The number of nitrogens with two attached hydrogens (primary N) is 1. The molecule has 0 radical (unpaired) electrons. The second-order valence-electron chi connectivity index (χ2n) is 4.77. The fourth-order valence-corrected chi connectivity index (χ4v) is 2.70. The van der Waals surface area contributed by atoms with Gasteiger partial charge in [-0.2, -0.15) is 0 Å². The lowest BCUT2D eigenvalue weighted by Gasteiger charge is -2.57. The van der Waals surface area contributed by atoms with Crippen LogP contribution in [0.5, 0.6) is 0 Å². The SMILES string of the molecule is Nc1ccccc1N1CC2(CCC2)C1. The molecule has 1 aliphatic heterocycles. The summed E-state index contributed by atoms with van der Waals surface area (Å²) in [5, 5.41) is 0. The number of hydrogen-bond donors (Lipinski definition) is 1. The van der Waals surface area contributed by atoms with E-state index in [-0.39, 0.29) is 0 Å². The maximum atomic E-state index is 5.94. The molecule has 2 N–H and O–H groups in total. The minimum absolute atomic E-state index is 0.683. The van der Waals surface area contributed by atoms with E-state index in [0.29, 0.717) is 5.41 Å². The summed E-state index contributed by atoms with van der Waals surface area (Å²) >= 11 is 0. The molecule has 1 spiro atoms. The number of nitrogen functional groups attached to an aromatic ring is 1. The summed E-state index contributed by atoms with van der Waals surface area (Å²) in [6, 6.07) is 8.18. The van der Waals surface area contributed by atoms with Gasteiger partial charge in [0.15, 0.2) is 0 Å². The average Bonchev–Trinajstić information content (AvgIpc) is 2.03. The van der Waals surface area contributed by atoms with Crippen LogP contribution in [0.4, 0.5) is 11.4 Å². The van der Waals surface area contributed by atoms with Crippen LogP contribution in [0.2, 0.25) is 0 Å². The number of rotatable bonds is 1. The van der Waals surface area contributed by atoms with Crippen LogP contribution in [0.3, 0.4) is 0 Å². The van der Waals surface area contributed by atoms with Gasteiger partial charge in [0.25, 0.3) is 0 Å². The first-order valence-electron chi connectivity index (χ1n) is 5.39. The molecule has 1 aromatic carbocycles. The zero-order chi connectivity index (χ0) is 9.60. The first kappa shape index (κ1) is 8.16.